The molecule has 0 aromatic carbocycles. The third kappa shape index (κ3) is 36.8. The number of carboxylic acid groups (broad SMARTS) is 1. The lowest BCUT2D eigenvalue weighted by atomic mass is 10.5. The number of hydrogen-bond donors (Lipinski definition) is 1. The van der Waals surface area contributed by atoms with E-state index < -0.39 is 5.97 Å². The Hall–Kier alpha value is -1.23. The third-order valence-electron chi connectivity index (χ3n) is 4.42. The van der Waals surface area contributed by atoms with Crippen LogP contribution in [0.15, 0.2) is 12.7 Å². The van der Waals surface area contributed by atoms with Gasteiger partial charge in [-0.05, 0) is 0 Å². The normalized spacial score (nSPS) is 11.3. The van der Waals surface area contributed by atoms with Gasteiger partial charge in [0.15, 0.2) is 0 Å². The minimum Gasteiger partial charge on any atom is -0.481 e. The Morgan fingerprint density at radius 1 is 0.410 bits per heavy atom. The topological polar surface area (TPSA) is 139 Å². The molecule has 232 valence electrons. The van der Waals surface area contributed by atoms with Crippen LogP contribution < -0.4 is 0 Å². The van der Waals surface area contributed by atoms with Gasteiger partial charge in [0.1, 0.15) is 0 Å². The highest BCUT2D eigenvalue weighted by atomic mass is 16.6. The molecule has 0 amide bonds. The van der Waals surface area contributed by atoms with E-state index in [1.165, 1.54) is 0 Å². The van der Waals surface area contributed by atoms with Crippen molar-refractivity contribution in [2.45, 2.75) is 6.42 Å². The zero-order valence-corrected chi connectivity index (χ0v) is 23.4. The fraction of sp³-hybridized carbons (Fsp3) is 0.885. The Bertz CT molecular complexity index is 496. The van der Waals surface area contributed by atoms with Crippen molar-refractivity contribution in [2.24, 2.45) is 0 Å². The van der Waals surface area contributed by atoms with Crippen LogP contribution in [0.25, 0.3) is 0 Å². The molecule has 39 heavy (non-hydrogen) atoms. The summed E-state index contributed by atoms with van der Waals surface area (Å²) in [5.74, 6) is -0.873. The van der Waals surface area contributed by atoms with Crippen LogP contribution in [0.2, 0.25) is 0 Å². The fourth-order valence-corrected chi connectivity index (χ4v) is 2.53. The van der Waals surface area contributed by atoms with Crippen LogP contribution in [0.5, 0.6) is 0 Å². The van der Waals surface area contributed by atoms with Crippen LogP contribution in [0.1, 0.15) is 6.42 Å². The van der Waals surface area contributed by atoms with Gasteiger partial charge in [-0.3, -0.25) is 4.79 Å². The van der Waals surface area contributed by atoms with Crippen molar-refractivity contribution in [1.82, 2.24) is 0 Å². The summed E-state index contributed by atoms with van der Waals surface area (Å²) in [6.07, 6.45) is 1.71. The monoisotopic (exact) mass is 570 g/mol. The van der Waals surface area contributed by atoms with Crippen LogP contribution in [0, 0.1) is 0 Å². The zero-order chi connectivity index (χ0) is 28.3. The molecule has 0 bridgehead atoms. The highest BCUT2D eigenvalue weighted by Crippen LogP contribution is 1.87. The number of rotatable bonds is 35. The molecule has 0 unspecified atom stereocenters. The lowest BCUT2D eigenvalue weighted by Gasteiger charge is -2.09. The molecule has 0 saturated heterocycles. The molecular formula is C26H50O13. The second-order valence-electron chi connectivity index (χ2n) is 7.63. The smallest absolute Gasteiger partial charge is 0.305 e. The van der Waals surface area contributed by atoms with Crippen molar-refractivity contribution in [3.8, 4) is 0 Å². The van der Waals surface area contributed by atoms with Crippen LogP contribution in [0.3, 0.4) is 0 Å². The number of hydrogen-bond acceptors (Lipinski definition) is 12. The number of aliphatic carboxylic acids is 1. The second kappa shape index (κ2) is 34.8. The van der Waals surface area contributed by atoms with E-state index in [-0.39, 0.29) is 13.0 Å². The van der Waals surface area contributed by atoms with E-state index in [9.17, 15) is 4.79 Å². The number of carbonyl (C=O) groups is 1. The minimum atomic E-state index is -0.873. The summed E-state index contributed by atoms with van der Waals surface area (Å²) in [5.41, 5.74) is 0. The minimum absolute atomic E-state index is 0.000573. The Balaban J connectivity index is 3.03. The first-order valence-electron chi connectivity index (χ1n) is 13.4. The van der Waals surface area contributed by atoms with E-state index in [0.29, 0.717) is 139 Å². The average molecular weight is 571 g/mol. The molecule has 0 aromatic rings. The summed E-state index contributed by atoms with van der Waals surface area (Å²) >= 11 is 0. The Kier molecular flexibility index (Phi) is 33.7. The van der Waals surface area contributed by atoms with Gasteiger partial charge in [0, 0.05) is 0 Å². The van der Waals surface area contributed by atoms with Crippen LogP contribution >= 0.6 is 0 Å². The van der Waals surface area contributed by atoms with Gasteiger partial charge in [0.05, 0.1) is 152 Å². The molecule has 0 aliphatic rings. The SMILES string of the molecule is C=CCOCCOCCOCCOCCOCCOCCOCCOCCOCCOCCOCCC(=O)O. The van der Waals surface area contributed by atoms with Crippen molar-refractivity contribution in [3.05, 3.63) is 12.7 Å². The van der Waals surface area contributed by atoms with Crippen molar-refractivity contribution in [1.29, 1.82) is 0 Å². The first-order chi connectivity index (χ1) is 19.3. The molecule has 0 aliphatic carbocycles. The molecule has 0 rings (SSSR count). The maximum Gasteiger partial charge on any atom is 0.305 e. The van der Waals surface area contributed by atoms with Gasteiger partial charge in [-0.15, -0.1) is 6.58 Å². The first-order valence-corrected chi connectivity index (χ1v) is 13.4. The van der Waals surface area contributed by atoms with Gasteiger partial charge in [-0.25, -0.2) is 0 Å². The van der Waals surface area contributed by atoms with Crippen molar-refractivity contribution < 1.29 is 62.0 Å². The molecule has 0 fully saturated rings. The molecule has 13 nitrogen and oxygen atoms in total. The molecule has 0 atom stereocenters. The fourth-order valence-electron chi connectivity index (χ4n) is 2.53. The Labute approximate surface area is 232 Å². The Morgan fingerprint density at radius 3 is 0.821 bits per heavy atom. The summed E-state index contributed by atoms with van der Waals surface area (Å²) in [6.45, 7) is 14.1. The lowest BCUT2D eigenvalue weighted by Crippen LogP contribution is -2.15. The summed E-state index contributed by atoms with van der Waals surface area (Å²) in [7, 11) is 0. The summed E-state index contributed by atoms with van der Waals surface area (Å²) in [6, 6.07) is 0. The molecule has 0 aliphatic heterocycles. The van der Waals surface area contributed by atoms with Crippen LogP contribution in [0.4, 0.5) is 0 Å². The van der Waals surface area contributed by atoms with E-state index in [1.54, 1.807) is 6.08 Å². The summed E-state index contributed by atoms with van der Waals surface area (Å²) < 4.78 is 58.9. The van der Waals surface area contributed by atoms with Gasteiger partial charge < -0.3 is 57.2 Å². The van der Waals surface area contributed by atoms with E-state index in [2.05, 4.69) is 6.58 Å². The van der Waals surface area contributed by atoms with E-state index in [1.807, 2.05) is 0 Å². The average Bonchev–Trinajstić information content (AvgIpc) is 2.93. The maximum absolute atomic E-state index is 10.3. The van der Waals surface area contributed by atoms with Gasteiger partial charge >= 0.3 is 5.97 Å². The maximum atomic E-state index is 10.3. The zero-order valence-electron chi connectivity index (χ0n) is 23.4. The Morgan fingerprint density at radius 2 is 0.615 bits per heavy atom. The predicted octanol–water partition coefficient (Wildman–Crippen LogP) is 0.830. The predicted molar refractivity (Wildman–Crippen MR) is 141 cm³/mol. The van der Waals surface area contributed by atoms with Gasteiger partial charge in [0.2, 0.25) is 0 Å². The highest BCUT2D eigenvalue weighted by Gasteiger charge is 1.97. The molecule has 13 heteroatoms. The molecule has 0 heterocycles. The number of carboxylic acids is 1. The quantitative estimate of drug-likeness (QED) is 0.0851. The molecule has 0 aromatic heterocycles. The van der Waals surface area contributed by atoms with E-state index in [4.69, 9.17) is 57.2 Å². The largest absolute Gasteiger partial charge is 0.481 e. The van der Waals surface area contributed by atoms with Crippen LogP contribution in [-0.2, 0) is 56.9 Å². The molecular weight excluding hydrogens is 520 g/mol. The van der Waals surface area contributed by atoms with Gasteiger partial charge in [-0.2, -0.15) is 0 Å². The van der Waals surface area contributed by atoms with Crippen molar-refractivity contribution in [2.75, 3.05) is 145 Å². The van der Waals surface area contributed by atoms with Gasteiger partial charge in [-0.1, -0.05) is 6.08 Å². The van der Waals surface area contributed by atoms with Crippen molar-refractivity contribution >= 4 is 5.97 Å². The third-order valence-corrected chi connectivity index (χ3v) is 4.42. The first kappa shape index (κ1) is 37.8. The van der Waals surface area contributed by atoms with E-state index >= 15 is 0 Å². The molecule has 0 radical (unpaired) electrons. The van der Waals surface area contributed by atoms with Crippen molar-refractivity contribution in [3.63, 3.8) is 0 Å². The molecule has 0 spiro atoms. The second-order valence-corrected chi connectivity index (χ2v) is 7.63. The van der Waals surface area contributed by atoms with E-state index in [0.717, 1.165) is 0 Å². The van der Waals surface area contributed by atoms with Crippen LogP contribution in [-0.4, -0.2) is 156 Å². The number of ether oxygens (including phenoxy) is 11. The highest BCUT2D eigenvalue weighted by molar-refractivity contribution is 5.66. The molecule has 0 saturated carbocycles. The summed E-state index contributed by atoms with van der Waals surface area (Å²) in [4.78, 5) is 10.3. The standard InChI is InChI=1S/C26H50O13/c1-2-4-29-6-8-31-10-12-33-14-16-35-18-20-37-22-24-39-25-23-38-21-19-36-17-15-34-13-11-32-9-7-30-5-3-26(27)28/h2H,1,3-25H2,(H,27,28). The lowest BCUT2D eigenvalue weighted by molar-refractivity contribution is -0.138. The molecule has 1 N–H and O–H groups in total. The summed E-state index contributed by atoms with van der Waals surface area (Å²) in [5, 5.41) is 8.47. The van der Waals surface area contributed by atoms with Gasteiger partial charge in [0.25, 0.3) is 0 Å².